The Morgan fingerprint density at radius 3 is 2.86 bits per heavy atom. The van der Waals surface area contributed by atoms with Crippen LogP contribution in [-0.4, -0.2) is 20.2 Å². The zero-order valence-electron chi connectivity index (χ0n) is 12.6. The van der Waals surface area contributed by atoms with E-state index >= 15 is 0 Å². The maximum atomic E-state index is 6.05. The molecule has 1 atom stereocenters. The summed E-state index contributed by atoms with van der Waals surface area (Å²) in [7, 11) is 0. The minimum Gasteiger partial charge on any atom is -0.398 e. The highest BCUT2D eigenvalue weighted by molar-refractivity contribution is 6.31. The van der Waals surface area contributed by atoms with Gasteiger partial charge in [-0.05, 0) is 41.0 Å². The normalized spacial score (nSPS) is 12.5. The van der Waals surface area contributed by atoms with Crippen molar-refractivity contribution >= 4 is 17.3 Å². The quantitative estimate of drug-likeness (QED) is 0.790. The summed E-state index contributed by atoms with van der Waals surface area (Å²) < 4.78 is 1.84. The van der Waals surface area contributed by atoms with Crippen LogP contribution in [0.4, 0.5) is 5.69 Å². The maximum Gasteiger partial charge on any atom is 0.184 e. The monoisotopic (exact) mass is 307 g/mol. The van der Waals surface area contributed by atoms with Gasteiger partial charge in [-0.25, -0.2) is 4.68 Å². The van der Waals surface area contributed by atoms with Crippen LogP contribution in [0, 0.1) is 5.92 Å². The second kappa shape index (κ2) is 7.41. The predicted octanol–water partition coefficient (Wildman–Crippen LogP) is 3.79. The van der Waals surface area contributed by atoms with Crippen LogP contribution < -0.4 is 5.73 Å². The van der Waals surface area contributed by atoms with Crippen LogP contribution in [0.1, 0.15) is 39.5 Å². The van der Waals surface area contributed by atoms with Gasteiger partial charge in [-0.3, -0.25) is 0 Å². The predicted molar refractivity (Wildman–Crippen MR) is 86.0 cm³/mol. The first kappa shape index (κ1) is 15.8. The standard InChI is InChI=1S/C15H22ClN5/c1-3-5-6-11(4-2)10-21-15(18-19-20-21)13-9-12(16)7-8-14(13)17/h7-9,11H,3-6,10,17H2,1-2H3. The molecule has 2 N–H and O–H groups in total. The highest BCUT2D eigenvalue weighted by atomic mass is 35.5. The van der Waals surface area contributed by atoms with Crippen LogP contribution in [0.5, 0.6) is 0 Å². The van der Waals surface area contributed by atoms with E-state index in [1.54, 1.807) is 12.1 Å². The van der Waals surface area contributed by atoms with Gasteiger partial charge in [-0.1, -0.05) is 44.7 Å². The number of unbranched alkanes of at least 4 members (excludes halogenated alkanes) is 1. The third kappa shape index (κ3) is 3.94. The van der Waals surface area contributed by atoms with E-state index in [0.29, 0.717) is 22.5 Å². The number of nitrogen functional groups attached to an aromatic ring is 1. The van der Waals surface area contributed by atoms with Gasteiger partial charge in [0, 0.05) is 22.8 Å². The molecule has 114 valence electrons. The zero-order valence-corrected chi connectivity index (χ0v) is 13.3. The van der Waals surface area contributed by atoms with Gasteiger partial charge < -0.3 is 5.73 Å². The largest absolute Gasteiger partial charge is 0.398 e. The lowest BCUT2D eigenvalue weighted by molar-refractivity contribution is 0.370. The van der Waals surface area contributed by atoms with Crippen molar-refractivity contribution in [2.45, 2.75) is 46.1 Å². The van der Waals surface area contributed by atoms with E-state index in [1.807, 2.05) is 10.7 Å². The molecule has 0 spiro atoms. The number of halogens is 1. The van der Waals surface area contributed by atoms with E-state index in [4.69, 9.17) is 17.3 Å². The lowest BCUT2D eigenvalue weighted by atomic mass is 9.99. The van der Waals surface area contributed by atoms with Gasteiger partial charge in [0.05, 0.1) is 0 Å². The fourth-order valence-electron chi connectivity index (χ4n) is 2.40. The number of nitrogens with zero attached hydrogens (tertiary/aromatic N) is 4. The SMILES string of the molecule is CCCCC(CC)Cn1nnnc1-c1cc(Cl)ccc1N. The lowest BCUT2D eigenvalue weighted by Crippen LogP contribution is -2.13. The molecule has 1 aromatic carbocycles. The van der Waals surface area contributed by atoms with Crippen LogP contribution >= 0.6 is 11.6 Å². The fourth-order valence-corrected chi connectivity index (χ4v) is 2.58. The molecule has 0 aliphatic heterocycles. The van der Waals surface area contributed by atoms with Crippen LogP contribution in [0.25, 0.3) is 11.4 Å². The van der Waals surface area contributed by atoms with Gasteiger partial charge in [-0.15, -0.1) is 5.10 Å². The number of tetrazole rings is 1. The first-order chi connectivity index (χ1) is 10.2. The van der Waals surface area contributed by atoms with Crippen molar-refractivity contribution in [3.63, 3.8) is 0 Å². The van der Waals surface area contributed by atoms with E-state index in [0.717, 1.165) is 18.5 Å². The number of benzene rings is 1. The van der Waals surface area contributed by atoms with E-state index in [9.17, 15) is 0 Å². The molecule has 0 saturated heterocycles. The van der Waals surface area contributed by atoms with Crippen LogP contribution in [-0.2, 0) is 6.54 Å². The Kier molecular flexibility index (Phi) is 5.56. The molecular weight excluding hydrogens is 286 g/mol. The molecular formula is C15H22ClN5. The van der Waals surface area contributed by atoms with Gasteiger partial charge in [-0.2, -0.15) is 0 Å². The van der Waals surface area contributed by atoms with E-state index in [2.05, 4.69) is 29.4 Å². The van der Waals surface area contributed by atoms with Crippen molar-refractivity contribution in [1.82, 2.24) is 20.2 Å². The highest BCUT2D eigenvalue weighted by Gasteiger charge is 2.15. The van der Waals surface area contributed by atoms with Crippen molar-refractivity contribution in [2.24, 2.45) is 5.92 Å². The van der Waals surface area contributed by atoms with Crippen molar-refractivity contribution in [1.29, 1.82) is 0 Å². The Bertz CT molecular complexity index is 581. The Morgan fingerprint density at radius 1 is 1.33 bits per heavy atom. The summed E-state index contributed by atoms with van der Waals surface area (Å²) in [6.45, 7) is 5.23. The van der Waals surface area contributed by atoms with Gasteiger partial charge in [0.15, 0.2) is 5.82 Å². The molecule has 2 rings (SSSR count). The molecule has 21 heavy (non-hydrogen) atoms. The Morgan fingerprint density at radius 2 is 2.14 bits per heavy atom. The first-order valence-corrected chi connectivity index (χ1v) is 7.85. The van der Waals surface area contributed by atoms with Crippen molar-refractivity contribution in [2.75, 3.05) is 5.73 Å². The third-order valence-corrected chi connectivity index (χ3v) is 4.00. The summed E-state index contributed by atoms with van der Waals surface area (Å²) in [5.41, 5.74) is 7.45. The van der Waals surface area contributed by atoms with Crippen LogP contribution in [0.15, 0.2) is 18.2 Å². The number of hydrogen-bond acceptors (Lipinski definition) is 4. The van der Waals surface area contributed by atoms with E-state index < -0.39 is 0 Å². The summed E-state index contributed by atoms with van der Waals surface area (Å²) in [5.74, 6) is 1.26. The molecule has 0 radical (unpaired) electrons. The molecule has 6 heteroatoms. The maximum absolute atomic E-state index is 6.05. The molecule has 0 aliphatic carbocycles. The fraction of sp³-hybridized carbons (Fsp3) is 0.533. The molecule has 0 bridgehead atoms. The number of aromatic nitrogens is 4. The molecule has 2 aromatic rings. The highest BCUT2D eigenvalue weighted by Crippen LogP contribution is 2.27. The summed E-state index contributed by atoms with van der Waals surface area (Å²) in [6, 6.07) is 5.36. The molecule has 1 heterocycles. The zero-order chi connectivity index (χ0) is 15.2. The Hall–Kier alpha value is -1.62. The topological polar surface area (TPSA) is 69.6 Å². The van der Waals surface area contributed by atoms with Crippen molar-refractivity contribution in [3.05, 3.63) is 23.2 Å². The molecule has 0 fully saturated rings. The molecule has 1 unspecified atom stereocenters. The lowest BCUT2D eigenvalue weighted by Gasteiger charge is -2.15. The van der Waals surface area contributed by atoms with Gasteiger partial charge in [0.25, 0.3) is 0 Å². The summed E-state index contributed by atoms with van der Waals surface area (Å²) in [4.78, 5) is 0. The summed E-state index contributed by atoms with van der Waals surface area (Å²) in [6.07, 6.45) is 4.75. The molecule has 0 aliphatic rings. The first-order valence-electron chi connectivity index (χ1n) is 7.47. The number of anilines is 1. The Balaban J connectivity index is 2.23. The minimum atomic E-state index is 0.576. The van der Waals surface area contributed by atoms with Gasteiger partial charge >= 0.3 is 0 Å². The average Bonchev–Trinajstić information content (AvgIpc) is 2.93. The molecule has 5 nitrogen and oxygen atoms in total. The number of hydrogen-bond donors (Lipinski definition) is 1. The molecule has 0 amide bonds. The van der Waals surface area contributed by atoms with Crippen molar-refractivity contribution in [3.8, 4) is 11.4 Å². The smallest absolute Gasteiger partial charge is 0.184 e. The van der Waals surface area contributed by atoms with Gasteiger partial charge in [0.2, 0.25) is 0 Å². The molecule has 0 saturated carbocycles. The summed E-state index contributed by atoms with van der Waals surface area (Å²) >= 11 is 6.05. The van der Waals surface area contributed by atoms with Crippen LogP contribution in [0.3, 0.4) is 0 Å². The van der Waals surface area contributed by atoms with Crippen molar-refractivity contribution < 1.29 is 0 Å². The van der Waals surface area contributed by atoms with Gasteiger partial charge in [0.1, 0.15) is 0 Å². The minimum absolute atomic E-state index is 0.576. The third-order valence-electron chi connectivity index (χ3n) is 3.76. The second-order valence-corrected chi connectivity index (χ2v) is 5.77. The van der Waals surface area contributed by atoms with E-state index in [1.165, 1.54) is 19.3 Å². The van der Waals surface area contributed by atoms with Crippen LogP contribution in [0.2, 0.25) is 5.02 Å². The average molecular weight is 308 g/mol. The van der Waals surface area contributed by atoms with E-state index in [-0.39, 0.29) is 0 Å². The molecule has 1 aromatic heterocycles. The number of nitrogens with two attached hydrogens (primary N) is 1. The summed E-state index contributed by atoms with van der Waals surface area (Å²) in [5, 5.41) is 12.7. The number of rotatable bonds is 7. The Labute approximate surface area is 130 Å². The second-order valence-electron chi connectivity index (χ2n) is 5.33.